The van der Waals surface area contributed by atoms with Crippen molar-refractivity contribution in [1.82, 2.24) is 9.80 Å². The van der Waals surface area contributed by atoms with Crippen molar-refractivity contribution in [2.45, 2.75) is 6.54 Å². The Morgan fingerprint density at radius 3 is 2.68 bits per heavy atom. The van der Waals surface area contributed by atoms with Crippen LogP contribution in [0.25, 0.3) is 0 Å². The molecular formula is C15H18N2O5. The Labute approximate surface area is 128 Å². The highest BCUT2D eigenvalue weighted by atomic mass is 16.5. The Balaban J connectivity index is 1.76. The normalized spacial score (nSPS) is 18.0. The number of carbonyl (C=O) groups excluding carboxylic acids is 1. The van der Waals surface area contributed by atoms with Crippen molar-refractivity contribution in [1.29, 1.82) is 0 Å². The third kappa shape index (κ3) is 2.71. The largest absolute Gasteiger partial charge is 0.497 e. The Morgan fingerprint density at radius 2 is 2.05 bits per heavy atom. The molecule has 0 spiro atoms. The molecule has 3 rings (SSSR count). The van der Waals surface area contributed by atoms with E-state index in [1.165, 1.54) is 4.90 Å². The number of piperazine rings is 1. The molecule has 1 N–H and O–H groups in total. The van der Waals surface area contributed by atoms with E-state index >= 15 is 0 Å². The van der Waals surface area contributed by atoms with Crippen molar-refractivity contribution in [3.8, 4) is 11.5 Å². The zero-order valence-corrected chi connectivity index (χ0v) is 12.4. The summed E-state index contributed by atoms with van der Waals surface area (Å²) in [6, 6.07) is 3.58. The fourth-order valence-electron chi connectivity index (χ4n) is 2.83. The standard InChI is InChI=1S/C15H18N2O5/c1-21-11-6-10(14-12(7-11)13(18)9-22-14)8-16-2-4-17(5-3-16)15(19)20/h6-7H,2-5,8-9H2,1H3,(H,19,20). The molecule has 2 aliphatic heterocycles. The number of fused-ring (bicyclic) bond motifs is 1. The maximum atomic E-state index is 11.8. The first-order valence-electron chi connectivity index (χ1n) is 7.15. The number of carboxylic acid groups (broad SMARTS) is 1. The van der Waals surface area contributed by atoms with Gasteiger partial charge in [-0.2, -0.15) is 0 Å². The molecule has 2 aliphatic rings. The van der Waals surface area contributed by atoms with E-state index in [1.807, 2.05) is 6.07 Å². The lowest BCUT2D eigenvalue weighted by molar-refractivity contribution is 0.0960. The number of rotatable bonds is 3. The average Bonchev–Trinajstić information content (AvgIpc) is 2.89. The van der Waals surface area contributed by atoms with Gasteiger partial charge in [-0.05, 0) is 12.1 Å². The van der Waals surface area contributed by atoms with Crippen LogP contribution in [0.1, 0.15) is 15.9 Å². The first-order chi connectivity index (χ1) is 10.6. The molecule has 0 unspecified atom stereocenters. The summed E-state index contributed by atoms with van der Waals surface area (Å²) >= 11 is 0. The maximum Gasteiger partial charge on any atom is 0.407 e. The lowest BCUT2D eigenvalue weighted by Gasteiger charge is -2.33. The van der Waals surface area contributed by atoms with Gasteiger partial charge in [0, 0.05) is 38.3 Å². The van der Waals surface area contributed by atoms with Gasteiger partial charge in [-0.3, -0.25) is 9.69 Å². The van der Waals surface area contributed by atoms with Gasteiger partial charge < -0.3 is 19.5 Å². The summed E-state index contributed by atoms with van der Waals surface area (Å²) in [7, 11) is 1.57. The number of ketones is 1. The van der Waals surface area contributed by atoms with E-state index < -0.39 is 6.09 Å². The molecule has 0 radical (unpaired) electrons. The van der Waals surface area contributed by atoms with Crippen molar-refractivity contribution in [3.05, 3.63) is 23.3 Å². The minimum absolute atomic E-state index is 0.0363. The zero-order valence-electron chi connectivity index (χ0n) is 12.4. The molecule has 2 heterocycles. The van der Waals surface area contributed by atoms with E-state index in [2.05, 4.69) is 4.90 Å². The Morgan fingerprint density at radius 1 is 1.32 bits per heavy atom. The van der Waals surface area contributed by atoms with Crippen LogP contribution in [0.3, 0.4) is 0 Å². The van der Waals surface area contributed by atoms with Crippen LogP contribution in [0.5, 0.6) is 11.5 Å². The van der Waals surface area contributed by atoms with Gasteiger partial charge in [0.2, 0.25) is 5.78 Å². The first-order valence-corrected chi connectivity index (χ1v) is 7.15. The predicted molar refractivity (Wildman–Crippen MR) is 77.7 cm³/mol. The lowest BCUT2D eigenvalue weighted by atomic mass is 10.1. The number of carbonyl (C=O) groups is 2. The molecule has 22 heavy (non-hydrogen) atoms. The third-order valence-electron chi connectivity index (χ3n) is 4.06. The van der Waals surface area contributed by atoms with E-state index in [4.69, 9.17) is 14.6 Å². The number of methoxy groups -OCH3 is 1. The van der Waals surface area contributed by atoms with E-state index in [0.29, 0.717) is 49.8 Å². The van der Waals surface area contributed by atoms with Crippen molar-refractivity contribution in [2.75, 3.05) is 39.9 Å². The SMILES string of the molecule is COc1cc(CN2CCN(C(=O)O)CC2)c2c(c1)C(=O)CO2. The maximum absolute atomic E-state index is 11.8. The van der Waals surface area contributed by atoms with Crippen LogP contribution >= 0.6 is 0 Å². The summed E-state index contributed by atoms with van der Waals surface area (Å²) in [6.07, 6.45) is -0.879. The highest BCUT2D eigenvalue weighted by Gasteiger charge is 2.27. The minimum Gasteiger partial charge on any atom is -0.497 e. The van der Waals surface area contributed by atoms with Crippen molar-refractivity contribution < 1.29 is 24.2 Å². The molecular weight excluding hydrogens is 288 g/mol. The number of Topliss-reactive ketones (excluding diaryl/α,β-unsaturated/α-hetero) is 1. The van der Waals surface area contributed by atoms with E-state index in [9.17, 15) is 9.59 Å². The number of hydrogen-bond donors (Lipinski definition) is 1. The van der Waals surface area contributed by atoms with E-state index in [-0.39, 0.29) is 12.4 Å². The smallest absolute Gasteiger partial charge is 0.407 e. The summed E-state index contributed by atoms with van der Waals surface area (Å²) in [5.41, 5.74) is 1.47. The van der Waals surface area contributed by atoms with E-state index in [0.717, 1.165) is 5.56 Å². The number of hydrogen-bond acceptors (Lipinski definition) is 5. The molecule has 7 heteroatoms. The second kappa shape index (κ2) is 5.84. The topological polar surface area (TPSA) is 79.3 Å². The molecule has 7 nitrogen and oxygen atoms in total. The van der Waals surface area contributed by atoms with Crippen LogP contribution in [0.4, 0.5) is 4.79 Å². The summed E-state index contributed by atoms with van der Waals surface area (Å²) < 4.78 is 10.8. The van der Waals surface area contributed by atoms with Crippen LogP contribution < -0.4 is 9.47 Å². The first kappa shape index (κ1) is 14.6. The van der Waals surface area contributed by atoms with Gasteiger partial charge in [-0.25, -0.2) is 4.79 Å². The molecule has 1 saturated heterocycles. The monoisotopic (exact) mass is 306 g/mol. The molecule has 0 saturated carbocycles. The van der Waals surface area contributed by atoms with Crippen molar-refractivity contribution in [2.24, 2.45) is 0 Å². The third-order valence-corrected chi connectivity index (χ3v) is 4.06. The molecule has 1 fully saturated rings. The molecule has 0 aliphatic carbocycles. The number of benzene rings is 1. The van der Waals surface area contributed by atoms with Gasteiger partial charge >= 0.3 is 6.09 Å². The molecule has 0 bridgehead atoms. The Hall–Kier alpha value is -2.28. The highest BCUT2D eigenvalue weighted by molar-refractivity contribution is 6.03. The van der Waals surface area contributed by atoms with Gasteiger partial charge in [-0.15, -0.1) is 0 Å². The van der Waals surface area contributed by atoms with Gasteiger partial charge in [0.05, 0.1) is 12.7 Å². The molecule has 0 aromatic heterocycles. The van der Waals surface area contributed by atoms with Gasteiger partial charge in [0.25, 0.3) is 0 Å². The lowest BCUT2D eigenvalue weighted by Crippen LogP contribution is -2.47. The second-order valence-electron chi connectivity index (χ2n) is 5.42. The van der Waals surface area contributed by atoms with Crippen LogP contribution in [-0.2, 0) is 6.54 Å². The number of amides is 1. The fourth-order valence-corrected chi connectivity index (χ4v) is 2.83. The summed E-state index contributed by atoms with van der Waals surface area (Å²) in [4.78, 5) is 26.3. The van der Waals surface area contributed by atoms with Gasteiger partial charge in [0.1, 0.15) is 11.5 Å². The van der Waals surface area contributed by atoms with Gasteiger partial charge in [0.15, 0.2) is 6.61 Å². The number of ether oxygens (including phenoxy) is 2. The van der Waals surface area contributed by atoms with Crippen molar-refractivity contribution in [3.63, 3.8) is 0 Å². The molecule has 1 aromatic carbocycles. The predicted octanol–water partition coefficient (Wildman–Crippen LogP) is 1.07. The highest BCUT2D eigenvalue weighted by Crippen LogP contribution is 2.34. The quantitative estimate of drug-likeness (QED) is 0.900. The van der Waals surface area contributed by atoms with Crippen LogP contribution in [0.15, 0.2) is 12.1 Å². The Bertz CT molecular complexity index is 608. The molecule has 1 amide bonds. The average molecular weight is 306 g/mol. The Kier molecular flexibility index (Phi) is 3.89. The summed E-state index contributed by atoms with van der Waals surface area (Å²) in [6.45, 7) is 2.98. The van der Waals surface area contributed by atoms with Crippen LogP contribution in [-0.4, -0.2) is 66.7 Å². The van der Waals surface area contributed by atoms with E-state index in [1.54, 1.807) is 13.2 Å². The van der Waals surface area contributed by atoms with Crippen LogP contribution in [0.2, 0.25) is 0 Å². The van der Waals surface area contributed by atoms with Crippen molar-refractivity contribution >= 4 is 11.9 Å². The molecule has 1 aromatic rings. The minimum atomic E-state index is -0.879. The molecule has 0 atom stereocenters. The fraction of sp³-hybridized carbons (Fsp3) is 0.467. The summed E-state index contributed by atoms with van der Waals surface area (Å²) in [5, 5.41) is 8.97. The van der Waals surface area contributed by atoms with Crippen LogP contribution in [0, 0.1) is 0 Å². The van der Waals surface area contributed by atoms with Gasteiger partial charge in [-0.1, -0.05) is 0 Å². The number of nitrogens with zero attached hydrogens (tertiary/aromatic N) is 2. The second-order valence-corrected chi connectivity index (χ2v) is 5.42. The molecule has 118 valence electrons. The zero-order chi connectivity index (χ0) is 15.7. The summed E-state index contributed by atoms with van der Waals surface area (Å²) in [5.74, 6) is 1.23.